The van der Waals surface area contributed by atoms with E-state index in [1.807, 2.05) is 19.1 Å². The van der Waals surface area contributed by atoms with Crippen LogP contribution in [0.15, 0.2) is 24.3 Å². The van der Waals surface area contributed by atoms with Crippen molar-refractivity contribution in [3.8, 4) is 11.5 Å². The second-order valence-electron chi connectivity index (χ2n) is 2.66. The van der Waals surface area contributed by atoms with E-state index < -0.39 is 6.29 Å². The molecule has 1 N–H and O–H groups in total. The van der Waals surface area contributed by atoms with E-state index in [9.17, 15) is 5.11 Å². The van der Waals surface area contributed by atoms with Gasteiger partial charge >= 0.3 is 0 Å². The van der Waals surface area contributed by atoms with E-state index in [1.165, 1.54) is 0 Å². The van der Waals surface area contributed by atoms with Gasteiger partial charge < -0.3 is 14.6 Å². The van der Waals surface area contributed by atoms with E-state index in [2.05, 4.69) is 0 Å². The van der Waals surface area contributed by atoms with Crippen molar-refractivity contribution in [1.82, 2.24) is 0 Å². The molecular weight excluding hydrogens is 168 g/mol. The second kappa shape index (κ2) is 4.72. The highest BCUT2D eigenvalue weighted by atomic mass is 16.6. The van der Waals surface area contributed by atoms with Gasteiger partial charge in [-0.3, -0.25) is 0 Å². The summed E-state index contributed by atoms with van der Waals surface area (Å²) >= 11 is 0. The van der Waals surface area contributed by atoms with Crippen molar-refractivity contribution in [2.24, 2.45) is 0 Å². The lowest BCUT2D eigenvalue weighted by atomic mass is 10.3. The third kappa shape index (κ3) is 2.95. The highest BCUT2D eigenvalue weighted by Gasteiger charge is 2.02. The van der Waals surface area contributed by atoms with Gasteiger partial charge in [0.15, 0.2) is 6.29 Å². The van der Waals surface area contributed by atoms with Gasteiger partial charge in [-0.15, -0.1) is 0 Å². The summed E-state index contributed by atoms with van der Waals surface area (Å²) in [4.78, 5) is 0. The smallest absolute Gasteiger partial charge is 0.197 e. The average Bonchev–Trinajstić information content (AvgIpc) is 2.18. The maximum Gasteiger partial charge on any atom is 0.197 e. The van der Waals surface area contributed by atoms with Crippen LogP contribution in [0.5, 0.6) is 11.5 Å². The zero-order valence-electron chi connectivity index (χ0n) is 7.86. The molecule has 1 unspecified atom stereocenters. The summed E-state index contributed by atoms with van der Waals surface area (Å²) in [6.07, 6.45) is -0.177. The first-order valence-electron chi connectivity index (χ1n) is 4.25. The van der Waals surface area contributed by atoms with Crippen LogP contribution in [0.25, 0.3) is 0 Å². The zero-order chi connectivity index (χ0) is 9.68. The molecule has 1 atom stereocenters. The number of methoxy groups -OCH3 is 1. The highest BCUT2D eigenvalue weighted by Crippen LogP contribution is 2.19. The number of hydrogen-bond donors (Lipinski definition) is 1. The summed E-state index contributed by atoms with van der Waals surface area (Å²) in [7, 11) is 1.59. The molecule has 3 nitrogen and oxygen atoms in total. The molecule has 72 valence electrons. The molecule has 1 aromatic rings. The van der Waals surface area contributed by atoms with Crippen LogP contribution in [0.1, 0.15) is 13.3 Å². The highest BCUT2D eigenvalue weighted by molar-refractivity contribution is 5.32. The van der Waals surface area contributed by atoms with Gasteiger partial charge in [0.05, 0.1) is 7.11 Å². The van der Waals surface area contributed by atoms with Gasteiger partial charge in [-0.05, 0) is 12.1 Å². The van der Waals surface area contributed by atoms with Crippen molar-refractivity contribution in [3.63, 3.8) is 0 Å². The first-order valence-corrected chi connectivity index (χ1v) is 4.25. The SMILES string of the molecule is CCC(O)Oc1cccc(OC)c1. The second-order valence-corrected chi connectivity index (χ2v) is 2.66. The monoisotopic (exact) mass is 182 g/mol. The lowest BCUT2D eigenvalue weighted by molar-refractivity contribution is -0.0192. The molecule has 13 heavy (non-hydrogen) atoms. The fraction of sp³-hybridized carbons (Fsp3) is 0.400. The number of benzene rings is 1. The maximum atomic E-state index is 9.21. The van der Waals surface area contributed by atoms with E-state index >= 15 is 0 Å². The predicted molar refractivity (Wildman–Crippen MR) is 49.9 cm³/mol. The molecule has 3 heteroatoms. The topological polar surface area (TPSA) is 38.7 Å². The van der Waals surface area contributed by atoms with Gasteiger partial charge in [0.25, 0.3) is 0 Å². The molecule has 1 rings (SSSR count). The molecule has 0 saturated heterocycles. The van der Waals surface area contributed by atoms with Crippen molar-refractivity contribution in [1.29, 1.82) is 0 Å². The standard InChI is InChI=1S/C10H14O3/c1-3-10(11)13-9-6-4-5-8(7-9)12-2/h4-7,10-11H,3H2,1-2H3. The molecular formula is C10H14O3. The van der Waals surface area contributed by atoms with Gasteiger partial charge in [0.2, 0.25) is 0 Å². The molecule has 0 amide bonds. The van der Waals surface area contributed by atoms with Crippen LogP contribution in [0.3, 0.4) is 0 Å². The number of hydrogen-bond acceptors (Lipinski definition) is 3. The quantitative estimate of drug-likeness (QED) is 0.721. The number of aliphatic hydroxyl groups excluding tert-OH is 1. The van der Waals surface area contributed by atoms with Crippen molar-refractivity contribution in [2.45, 2.75) is 19.6 Å². The Kier molecular flexibility index (Phi) is 3.58. The fourth-order valence-electron chi connectivity index (χ4n) is 0.915. The molecule has 1 aromatic carbocycles. The Balaban J connectivity index is 2.66. The molecule has 0 spiro atoms. The largest absolute Gasteiger partial charge is 0.497 e. The van der Waals surface area contributed by atoms with E-state index in [0.717, 1.165) is 5.75 Å². The first kappa shape index (κ1) is 9.86. The summed E-state index contributed by atoms with van der Waals surface area (Å²) in [6.45, 7) is 1.85. The Morgan fingerprint density at radius 1 is 1.38 bits per heavy atom. The lowest BCUT2D eigenvalue weighted by Crippen LogP contribution is -2.13. The number of aliphatic hydroxyl groups is 1. The Labute approximate surface area is 77.9 Å². The van der Waals surface area contributed by atoms with Crippen molar-refractivity contribution >= 4 is 0 Å². The third-order valence-corrected chi connectivity index (χ3v) is 1.66. The summed E-state index contributed by atoms with van der Waals surface area (Å²) < 4.78 is 10.2. The maximum absolute atomic E-state index is 9.21. The molecule has 0 radical (unpaired) electrons. The third-order valence-electron chi connectivity index (χ3n) is 1.66. The minimum absolute atomic E-state index is 0.567. The lowest BCUT2D eigenvalue weighted by Gasteiger charge is -2.11. The molecule has 0 aliphatic rings. The van der Waals surface area contributed by atoms with Crippen LogP contribution >= 0.6 is 0 Å². The van der Waals surface area contributed by atoms with Gasteiger partial charge in [-0.25, -0.2) is 0 Å². The van der Waals surface area contributed by atoms with E-state index in [1.54, 1.807) is 19.2 Å². The van der Waals surface area contributed by atoms with Crippen molar-refractivity contribution in [2.75, 3.05) is 7.11 Å². The molecule has 0 bridgehead atoms. The van der Waals surface area contributed by atoms with E-state index in [-0.39, 0.29) is 0 Å². The van der Waals surface area contributed by atoms with Crippen LogP contribution in [-0.4, -0.2) is 18.5 Å². The Morgan fingerprint density at radius 2 is 2.08 bits per heavy atom. The molecule has 0 aliphatic carbocycles. The Bertz CT molecular complexity index is 260. The van der Waals surface area contributed by atoms with Gasteiger partial charge in [-0.1, -0.05) is 13.0 Å². The van der Waals surface area contributed by atoms with Crippen LogP contribution in [0, 0.1) is 0 Å². The average molecular weight is 182 g/mol. The summed E-state index contributed by atoms with van der Waals surface area (Å²) in [5, 5.41) is 9.21. The zero-order valence-corrected chi connectivity index (χ0v) is 7.86. The van der Waals surface area contributed by atoms with Crippen LogP contribution in [0.2, 0.25) is 0 Å². The summed E-state index contributed by atoms with van der Waals surface area (Å²) in [5.74, 6) is 1.34. The summed E-state index contributed by atoms with van der Waals surface area (Å²) in [6, 6.07) is 7.15. The summed E-state index contributed by atoms with van der Waals surface area (Å²) in [5.41, 5.74) is 0. The molecule has 0 fully saturated rings. The van der Waals surface area contributed by atoms with Crippen molar-refractivity contribution in [3.05, 3.63) is 24.3 Å². The first-order chi connectivity index (χ1) is 6.26. The number of rotatable bonds is 4. The number of ether oxygens (including phenoxy) is 2. The molecule has 0 aromatic heterocycles. The van der Waals surface area contributed by atoms with Crippen LogP contribution in [-0.2, 0) is 0 Å². The van der Waals surface area contributed by atoms with Gasteiger partial charge in [-0.2, -0.15) is 0 Å². The molecule has 0 saturated carbocycles. The molecule has 0 aliphatic heterocycles. The predicted octanol–water partition coefficient (Wildman–Crippen LogP) is 1.80. The minimum atomic E-state index is -0.743. The van der Waals surface area contributed by atoms with Gasteiger partial charge in [0, 0.05) is 12.5 Å². The van der Waals surface area contributed by atoms with Crippen LogP contribution < -0.4 is 9.47 Å². The normalized spacial score (nSPS) is 12.2. The van der Waals surface area contributed by atoms with E-state index in [4.69, 9.17) is 9.47 Å². The Hall–Kier alpha value is -1.22. The van der Waals surface area contributed by atoms with Crippen LogP contribution in [0.4, 0.5) is 0 Å². The Morgan fingerprint density at radius 3 is 2.69 bits per heavy atom. The van der Waals surface area contributed by atoms with Crippen molar-refractivity contribution < 1.29 is 14.6 Å². The minimum Gasteiger partial charge on any atom is -0.497 e. The van der Waals surface area contributed by atoms with Gasteiger partial charge in [0.1, 0.15) is 11.5 Å². The fourth-order valence-corrected chi connectivity index (χ4v) is 0.915. The molecule has 0 heterocycles. The van der Waals surface area contributed by atoms with E-state index in [0.29, 0.717) is 12.2 Å².